The van der Waals surface area contributed by atoms with Crippen molar-refractivity contribution >= 4 is 5.78 Å². The Labute approximate surface area is 99.1 Å². The minimum absolute atomic E-state index is 0.209. The maximum atomic E-state index is 10.8. The summed E-state index contributed by atoms with van der Waals surface area (Å²) < 4.78 is 5.59. The molecule has 1 heterocycles. The van der Waals surface area contributed by atoms with Crippen molar-refractivity contribution in [3.63, 3.8) is 0 Å². The summed E-state index contributed by atoms with van der Waals surface area (Å²) in [4.78, 5) is 13.3. The molecule has 3 heteroatoms. The number of ketones is 1. The summed E-state index contributed by atoms with van der Waals surface area (Å²) in [7, 11) is 0. The van der Waals surface area contributed by atoms with Crippen molar-refractivity contribution in [1.29, 1.82) is 0 Å². The Hall–Kier alpha value is -0.410. The van der Waals surface area contributed by atoms with E-state index in [0.29, 0.717) is 25.1 Å². The first-order chi connectivity index (χ1) is 7.50. The molecule has 1 fully saturated rings. The van der Waals surface area contributed by atoms with Crippen molar-refractivity contribution in [3.05, 3.63) is 0 Å². The summed E-state index contributed by atoms with van der Waals surface area (Å²) in [6.45, 7) is 10.9. The van der Waals surface area contributed by atoms with Crippen LogP contribution in [0, 0.1) is 5.92 Å². The van der Waals surface area contributed by atoms with Crippen molar-refractivity contribution in [2.45, 2.75) is 52.6 Å². The van der Waals surface area contributed by atoms with Gasteiger partial charge in [-0.15, -0.1) is 0 Å². The van der Waals surface area contributed by atoms with Crippen LogP contribution in [0.1, 0.15) is 40.5 Å². The Morgan fingerprint density at radius 3 is 2.75 bits per heavy atom. The number of carbonyl (C=O) groups is 1. The van der Waals surface area contributed by atoms with E-state index in [9.17, 15) is 4.79 Å². The maximum Gasteiger partial charge on any atom is 0.132 e. The molecule has 94 valence electrons. The molecule has 1 aliphatic heterocycles. The highest BCUT2D eigenvalue weighted by molar-refractivity contribution is 5.75. The number of carbonyl (C=O) groups excluding carboxylic acids is 1. The molecule has 0 aromatic heterocycles. The summed E-state index contributed by atoms with van der Waals surface area (Å²) in [5.41, 5.74) is 0. The van der Waals surface area contributed by atoms with Gasteiger partial charge in [-0.2, -0.15) is 0 Å². The SMILES string of the molecule is CC(=O)CCOC[C@@H]1C[C@H](C)CN1C(C)C. The van der Waals surface area contributed by atoms with Gasteiger partial charge in [0, 0.05) is 25.0 Å². The van der Waals surface area contributed by atoms with E-state index in [1.165, 1.54) is 13.0 Å². The Morgan fingerprint density at radius 1 is 1.50 bits per heavy atom. The molecule has 0 spiro atoms. The van der Waals surface area contributed by atoms with Crippen molar-refractivity contribution in [3.8, 4) is 0 Å². The fourth-order valence-corrected chi connectivity index (χ4v) is 2.41. The number of ether oxygens (including phenoxy) is 1. The summed E-state index contributed by atoms with van der Waals surface area (Å²) in [5, 5.41) is 0. The van der Waals surface area contributed by atoms with Gasteiger partial charge in [0.2, 0.25) is 0 Å². The molecule has 1 saturated heterocycles. The highest BCUT2D eigenvalue weighted by Crippen LogP contribution is 2.24. The first-order valence-corrected chi connectivity index (χ1v) is 6.33. The number of hydrogen-bond donors (Lipinski definition) is 0. The Bertz CT molecular complexity index is 228. The molecule has 2 atom stereocenters. The third-order valence-electron chi connectivity index (χ3n) is 3.24. The maximum absolute atomic E-state index is 10.8. The van der Waals surface area contributed by atoms with Crippen LogP contribution in [0.4, 0.5) is 0 Å². The summed E-state index contributed by atoms with van der Waals surface area (Å²) in [6, 6.07) is 1.13. The first kappa shape index (κ1) is 13.7. The van der Waals surface area contributed by atoms with Crippen molar-refractivity contribution in [1.82, 2.24) is 4.90 Å². The molecular formula is C13H25NO2. The lowest BCUT2D eigenvalue weighted by atomic mass is 10.1. The lowest BCUT2D eigenvalue weighted by Crippen LogP contribution is -2.38. The van der Waals surface area contributed by atoms with Gasteiger partial charge in [0.15, 0.2) is 0 Å². The second-order valence-corrected chi connectivity index (χ2v) is 5.31. The number of rotatable bonds is 6. The largest absolute Gasteiger partial charge is 0.379 e. The van der Waals surface area contributed by atoms with Crippen LogP contribution in [-0.4, -0.2) is 42.5 Å². The number of likely N-dealkylation sites (tertiary alicyclic amines) is 1. The molecular weight excluding hydrogens is 202 g/mol. The lowest BCUT2D eigenvalue weighted by molar-refractivity contribution is -0.118. The molecule has 0 saturated carbocycles. The molecule has 1 rings (SSSR count). The highest BCUT2D eigenvalue weighted by atomic mass is 16.5. The average Bonchev–Trinajstić information content (AvgIpc) is 2.54. The van der Waals surface area contributed by atoms with Gasteiger partial charge >= 0.3 is 0 Å². The number of hydrogen-bond acceptors (Lipinski definition) is 3. The molecule has 0 aromatic rings. The molecule has 0 amide bonds. The van der Waals surface area contributed by atoms with Gasteiger partial charge in [-0.05, 0) is 33.1 Å². The van der Waals surface area contributed by atoms with Crippen LogP contribution in [0.5, 0.6) is 0 Å². The molecule has 0 aliphatic carbocycles. The Balaban J connectivity index is 2.26. The lowest BCUT2D eigenvalue weighted by Gasteiger charge is -2.28. The second kappa shape index (κ2) is 6.36. The van der Waals surface area contributed by atoms with E-state index in [2.05, 4.69) is 25.7 Å². The van der Waals surface area contributed by atoms with Gasteiger partial charge in [0.1, 0.15) is 5.78 Å². The third-order valence-corrected chi connectivity index (χ3v) is 3.24. The van der Waals surface area contributed by atoms with Gasteiger partial charge in [0.25, 0.3) is 0 Å². The molecule has 1 aliphatic rings. The predicted octanol–water partition coefficient (Wildman–Crippen LogP) is 2.10. The van der Waals surface area contributed by atoms with Crippen LogP contribution >= 0.6 is 0 Å². The van der Waals surface area contributed by atoms with Gasteiger partial charge in [-0.3, -0.25) is 9.69 Å². The quantitative estimate of drug-likeness (QED) is 0.651. The van der Waals surface area contributed by atoms with Crippen molar-refractivity contribution in [2.24, 2.45) is 5.92 Å². The minimum Gasteiger partial charge on any atom is -0.379 e. The normalized spacial score (nSPS) is 26.6. The summed E-state index contributed by atoms with van der Waals surface area (Å²) in [6.07, 6.45) is 1.77. The monoisotopic (exact) mass is 227 g/mol. The van der Waals surface area contributed by atoms with E-state index in [1.807, 2.05) is 0 Å². The molecule has 3 nitrogen and oxygen atoms in total. The molecule has 0 aromatic carbocycles. The molecule has 16 heavy (non-hydrogen) atoms. The standard InChI is InChI=1S/C13H25NO2/c1-10(2)14-8-11(3)7-13(14)9-16-6-5-12(4)15/h10-11,13H,5-9H2,1-4H3/t11-,13-/m0/s1. The summed E-state index contributed by atoms with van der Waals surface area (Å²) >= 11 is 0. The fourth-order valence-electron chi connectivity index (χ4n) is 2.41. The van der Waals surface area contributed by atoms with E-state index < -0.39 is 0 Å². The molecule has 0 bridgehead atoms. The second-order valence-electron chi connectivity index (χ2n) is 5.31. The van der Waals surface area contributed by atoms with Crippen LogP contribution < -0.4 is 0 Å². The third kappa shape index (κ3) is 4.22. The molecule has 0 radical (unpaired) electrons. The zero-order valence-electron chi connectivity index (χ0n) is 11.0. The van der Waals surface area contributed by atoms with Crippen LogP contribution in [0.3, 0.4) is 0 Å². The zero-order chi connectivity index (χ0) is 12.1. The van der Waals surface area contributed by atoms with Crippen LogP contribution in [0.25, 0.3) is 0 Å². The van der Waals surface area contributed by atoms with Crippen LogP contribution in [0.2, 0.25) is 0 Å². The molecule has 0 unspecified atom stereocenters. The van der Waals surface area contributed by atoms with E-state index in [1.54, 1.807) is 6.92 Å². The van der Waals surface area contributed by atoms with E-state index in [-0.39, 0.29) is 5.78 Å². The predicted molar refractivity (Wildman–Crippen MR) is 65.5 cm³/mol. The van der Waals surface area contributed by atoms with Crippen molar-refractivity contribution < 1.29 is 9.53 Å². The van der Waals surface area contributed by atoms with Crippen molar-refractivity contribution in [2.75, 3.05) is 19.8 Å². The number of Topliss-reactive ketones (excluding diaryl/α,β-unsaturated/α-hetero) is 1. The van der Waals surface area contributed by atoms with Crippen LogP contribution in [-0.2, 0) is 9.53 Å². The fraction of sp³-hybridized carbons (Fsp3) is 0.923. The van der Waals surface area contributed by atoms with Crippen LogP contribution in [0.15, 0.2) is 0 Å². The minimum atomic E-state index is 0.209. The topological polar surface area (TPSA) is 29.5 Å². The Kier molecular flexibility index (Phi) is 5.42. The van der Waals surface area contributed by atoms with Gasteiger partial charge in [-0.1, -0.05) is 6.92 Å². The highest BCUT2D eigenvalue weighted by Gasteiger charge is 2.30. The van der Waals surface area contributed by atoms with Gasteiger partial charge < -0.3 is 4.74 Å². The average molecular weight is 227 g/mol. The van der Waals surface area contributed by atoms with Gasteiger partial charge in [-0.25, -0.2) is 0 Å². The Morgan fingerprint density at radius 2 is 2.19 bits per heavy atom. The van der Waals surface area contributed by atoms with E-state index in [4.69, 9.17) is 4.74 Å². The molecule has 0 N–H and O–H groups in total. The number of nitrogens with zero attached hydrogens (tertiary/aromatic N) is 1. The first-order valence-electron chi connectivity index (χ1n) is 6.33. The summed E-state index contributed by atoms with van der Waals surface area (Å²) in [5.74, 6) is 0.976. The zero-order valence-corrected chi connectivity index (χ0v) is 11.0. The van der Waals surface area contributed by atoms with E-state index in [0.717, 1.165) is 12.5 Å². The van der Waals surface area contributed by atoms with Gasteiger partial charge in [0.05, 0.1) is 13.2 Å². The van der Waals surface area contributed by atoms with E-state index >= 15 is 0 Å². The smallest absolute Gasteiger partial charge is 0.132 e.